The molecular formula is C19H28N4O3. The molecule has 3 rings (SSSR count). The van der Waals surface area contributed by atoms with E-state index in [2.05, 4.69) is 10.00 Å². The largest absolute Gasteiger partial charge is 0.468 e. The van der Waals surface area contributed by atoms with E-state index in [1.165, 1.54) is 0 Å². The van der Waals surface area contributed by atoms with E-state index >= 15 is 0 Å². The molecule has 0 aliphatic carbocycles. The summed E-state index contributed by atoms with van der Waals surface area (Å²) in [7, 11) is 3.55. The van der Waals surface area contributed by atoms with E-state index in [0.717, 1.165) is 43.8 Å². The number of piperidine rings is 1. The lowest BCUT2D eigenvalue weighted by molar-refractivity contribution is -0.138. The highest BCUT2D eigenvalue weighted by atomic mass is 16.5. The fourth-order valence-electron chi connectivity index (χ4n) is 3.46. The number of hydrogen-bond acceptors (Lipinski definition) is 5. The van der Waals surface area contributed by atoms with Crippen molar-refractivity contribution in [1.29, 1.82) is 0 Å². The third-order valence-corrected chi connectivity index (χ3v) is 4.91. The second-order valence-corrected chi connectivity index (χ2v) is 6.90. The van der Waals surface area contributed by atoms with Crippen LogP contribution < -0.4 is 0 Å². The van der Waals surface area contributed by atoms with Gasteiger partial charge < -0.3 is 14.1 Å². The van der Waals surface area contributed by atoms with E-state index in [9.17, 15) is 4.79 Å². The van der Waals surface area contributed by atoms with Crippen LogP contribution in [0.15, 0.2) is 35.2 Å². The van der Waals surface area contributed by atoms with Crippen molar-refractivity contribution in [2.24, 2.45) is 13.0 Å². The van der Waals surface area contributed by atoms with Crippen LogP contribution in [0.1, 0.15) is 24.2 Å². The maximum Gasteiger partial charge on any atom is 0.226 e. The van der Waals surface area contributed by atoms with E-state index < -0.39 is 0 Å². The van der Waals surface area contributed by atoms with Gasteiger partial charge in [0.25, 0.3) is 0 Å². The second kappa shape index (κ2) is 9.00. The lowest BCUT2D eigenvalue weighted by atomic mass is 9.95. The number of nitrogens with zero attached hydrogens (tertiary/aromatic N) is 4. The summed E-state index contributed by atoms with van der Waals surface area (Å²) in [6.45, 7) is 4.39. The zero-order valence-corrected chi connectivity index (χ0v) is 15.6. The van der Waals surface area contributed by atoms with E-state index in [1.807, 2.05) is 36.5 Å². The number of rotatable bonds is 8. The van der Waals surface area contributed by atoms with Gasteiger partial charge in [-0.25, -0.2) is 0 Å². The number of methoxy groups -OCH3 is 1. The Labute approximate surface area is 154 Å². The lowest BCUT2D eigenvalue weighted by Gasteiger charge is -2.33. The molecule has 7 nitrogen and oxygen atoms in total. The summed E-state index contributed by atoms with van der Waals surface area (Å²) >= 11 is 0. The van der Waals surface area contributed by atoms with Gasteiger partial charge in [0.05, 0.1) is 25.6 Å². The molecular weight excluding hydrogens is 332 g/mol. The third-order valence-electron chi connectivity index (χ3n) is 4.91. The summed E-state index contributed by atoms with van der Waals surface area (Å²) in [5, 5.41) is 4.20. The molecule has 1 aliphatic rings. The minimum atomic E-state index is 0.0800. The Kier molecular flexibility index (Phi) is 6.46. The molecule has 2 aromatic heterocycles. The van der Waals surface area contributed by atoms with Crippen LogP contribution in [0.5, 0.6) is 0 Å². The van der Waals surface area contributed by atoms with Crippen molar-refractivity contribution in [1.82, 2.24) is 19.6 Å². The number of ether oxygens (including phenoxy) is 1. The van der Waals surface area contributed by atoms with E-state index in [4.69, 9.17) is 9.15 Å². The molecule has 0 spiro atoms. The molecule has 0 bridgehead atoms. The fourth-order valence-corrected chi connectivity index (χ4v) is 3.46. The van der Waals surface area contributed by atoms with Crippen molar-refractivity contribution in [3.63, 3.8) is 0 Å². The zero-order valence-electron chi connectivity index (χ0n) is 15.6. The number of carbonyl (C=O) groups is 1. The van der Waals surface area contributed by atoms with Crippen LogP contribution in [0.4, 0.5) is 0 Å². The molecule has 1 aliphatic heterocycles. The third kappa shape index (κ3) is 4.95. The lowest BCUT2D eigenvalue weighted by Crippen LogP contribution is -2.43. The molecule has 0 radical (unpaired) electrons. The highest BCUT2D eigenvalue weighted by molar-refractivity contribution is 5.79. The topological polar surface area (TPSA) is 63.7 Å². The number of aryl methyl sites for hydroxylation is 1. The van der Waals surface area contributed by atoms with Gasteiger partial charge in [0.1, 0.15) is 5.76 Å². The first-order valence-electron chi connectivity index (χ1n) is 9.15. The van der Waals surface area contributed by atoms with Gasteiger partial charge in [-0.05, 0) is 38.1 Å². The number of hydrogen-bond donors (Lipinski definition) is 0. The Morgan fingerprint density at radius 1 is 1.42 bits per heavy atom. The minimum absolute atomic E-state index is 0.0800. The van der Waals surface area contributed by atoms with Gasteiger partial charge in [0, 0.05) is 44.9 Å². The predicted octanol–water partition coefficient (Wildman–Crippen LogP) is 1.90. The molecule has 0 atom stereocenters. The normalized spacial score (nSPS) is 16.1. The maximum atomic E-state index is 13.0. The second-order valence-electron chi connectivity index (χ2n) is 6.90. The summed E-state index contributed by atoms with van der Waals surface area (Å²) in [4.78, 5) is 17.3. The summed E-state index contributed by atoms with van der Waals surface area (Å²) < 4.78 is 12.4. The molecule has 0 unspecified atom stereocenters. The standard InChI is InChI=1S/C19H28N4O3/c1-21-13-16(12-20-21)14-23(9-11-25-2)19(24)17-5-7-22(8-6-17)15-18-4-3-10-26-18/h3-4,10,12-13,17H,5-9,11,14-15H2,1-2H3. The average Bonchev–Trinajstić information content (AvgIpc) is 3.30. The van der Waals surface area contributed by atoms with Gasteiger partial charge in [-0.15, -0.1) is 0 Å². The first kappa shape index (κ1) is 18.7. The minimum Gasteiger partial charge on any atom is -0.468 e. The highest BCUT2D eigenvalue weighted by Gasteiger charge is 2.29. The van der Waals surface area contributed by atoms with Gasteiger partial charge in [-0.3, -0.25) is 14.4 Å². The molecule has 1 amide bonds. The molecule has 0 saturated carbocycles. The molecule has 0 aromatic carbocycles. The summed E-state index contributed by atoms with van der Waals surface area (Å²) in [6.07, 6.45) is 7.25. The maximum absolute atomic E-state index is 13.0. The smallest absolute Gasteiger partial charge is 0.226 e. The summed E-state index contributed by atoms with van der Waals surface area (Å²) in [5.74, 6) is 1.29. The van der Waals surface area contributed by atoms with Crippen molar-refractivity contribution in [3.05, 3.63) is 42.1 Å². The zero-order chi connectivity index (χ0) is 18.4. The van der Waals surface area contributed by atoms with E-state index in [0.29, 0.717) is 19.7 Å². The van der Waals surface area contributed by atoms with Gasteiger partial charge in [0.2, 0.25) is 5.91 Å². The monoisotopic (exact) mass is 360 g/mol. The fraction of sp³-hybridized carbons (Fsp3) is 0.579. The van der Waals surface area contributed by atoms with Crippen LogP contribution in [0.2, 0.25) is 0 Å². The Bertz CT molecular complexity index is 675. The van der Waals surface area contributed by atoms with Crippen LogP contribution in [0.25, 0.3) is 0 Å². The Morgan fingerprint density at radius 2 is 2.23 bits per heavy atom. The molecule has 7 heteroatoms. The molecule has 2 aromatic rings. The Hall–Kier alpha value is -2.12. The van der Waals surface area contributed by atoms with Crippen molar-refractivity contribution >= 4 is 5.91 Å². The number of furan rings is 1. The van der Waals surface area contributed by atoms with Crippen LogP contribution in [-0.2, 0) is 29.7 Å². The van der Waals surface area contributed by atoms with Gasteiger partial charge in [-0.1, -0.05) is 0 Å². The molecule has 142 valence electrons. The molecule has 1 fully saturated rings. The number of aromatic nitrogens is 2. The first-order valence-corrected chi connectivity index (χ1v) is 9.15. The van der Waals surface area contributed by atoms with Crippen molar-refractivity contribution in [3.8, 4) is 0 Å². The van der Waals surface area contributed by atoms with Crippen LogP contribution in [0.3, 0.4) is 0 Å². The van der Waals surface area contributed by atoms with Crippen molar-refractivity contribution in [2.75, 3.05) is 33.4 Å². The van der Waals surface area contributed by atoms with Gasteiger partial charge in [-0.2, -0.15) is 5.10 Å². The molecule has 1 saturated heterocycles. The number of amides is 1. The molecule has 0 N–H and O–H groups in total. The van der Waals surface area contributed by atoms with Crippen LogP contribution in [0, 0.1) is 5.92 Å². The highest BCUT2D eigenvalue weighted by Crippen LogP contribution is 2.22. The summed E-state index contributed by atoms with van der Waals surface area (Å²) in [5.41, 5.74) is 1.05. The van der Waals surface area contributed by atoms with Crippen LogP contribution >= 0.6 is 0 Å². The van der Waals surface area contributed by atoms with Gasteiger partial charge in [0.15, 0.2) is 0 Å². The van der Waals surface area contributed by atoms with Crippen LogP contribution in [-0.4, -0.2) is 58.8 Å². The van der Waals surface area contributed by atoms with Crippen molar-refractivity contribution < 1.29 is 13.9 Å². The molecule has 3 heterocycles. The Morgan fingerprint density at radius 3 is 2.85 bits per heavy atom. The first-order chi connectivity index (χ1) is 12.7. The quantitative estimate of drug-likeness (QED) is 0.719. The average molecular weight is 360 g/mol. The van der Waals surface area contributed by atoms with E-state index in [1.54, 1.807) is 18.1 Å². The number of likely N-dealkylation sites (tertiary alicyclic amines) is 1. The van der Waals surface area contributed by atoms with Gasteiger partial charge >= 0.3 is 0 Å². The summed E-state index contributed by atoms with van der Waals surface area (Å²) in [6, 6.07) is 3.91. The Balaban J connectivity index is 1.54. The molecule has 26 heavy (non-hydrogen) atoms. The number of carbonyl (C=O) groups excluding carboxylic acids is 1. The van der Waals surface area contributed by atoms with E-state index in [-0.39, 0.29) is 11.8 Å². The SMILES string of the molecule is COCCN(Cc1cnn(C)c1)C(=O)C1CCN(Cc2ccco2)CC1. The predicted molar refractivity (Wildman–Crippen MR) is 97.2 cm³/mol. The van der Waals surface area contributed by atoms with Crippen molar-refractivity contribution in [2.45, 2.75) is 25.9 Å².